The fourth-order valence-electron chi connectivity index (χ4n) is 1.56. The maximum atomic E-state index is 9.63. The molecule has 0 radical (unpaired) electrons. The third kappa shape index (κ3) is 4.41. The Balaban J connectivity index is 2.75. The van der Waals surface area contributed by atoms with Crippen LogP contribution >= 0.6 is 11.6 Å². The number of allylic oxidation sites excluding steroid dienone is 6. The van der Waals surface area contributed by atoms with E-state index < -0.39 is 0 Å². The van der Waals surface area contributed by atoms with Crippen LogP contribution in [0.1, 0.15) is 26.2 Å². The van der Waals surface area contributed by atoms with Gasteiger partial charge in [0.05, 0.1) is 10.9 Å². The van der Waals surface area contributed by atoms with Gasteiger partial charge in [0.25, 0.3) is 0 Å². The summed E-state index contributed by atoms with van der Waals surface area (Å²) in [7, 11) is 1.74. The van der Waals surface area contributed by atoms with Gasteiger partial charge >= 0.3 is 0 Å². The monoisotopic (exact) mass is 266 g/mol. The van der Waals surface area contributed by atoms with E-state index in [1.165, 1.54) is 0 Å². The van der Waals surface area contributed by atoms with Crippen LogP contribution in [0.2, 0.25) is 0 Å². The van der Waals surface area contributed by atoms with Gasteiger partial charge in [-0.25, -0.2) is 0 Å². The van der Waals surface area contributed by atoms with E-state index in [4.69, 9.17) is 17.0 Å². The van der Waals surface area contributed by atoms with E-state index in [0.29, 0.717) is 35.9 Å². The van der Waals surface area contributed by atoms with Crippen molar-refractivity contribution in [1.29, 1.82) is 5.41 Å². The highest BCUT2D eigenvalue weighted by Gasteiger charge is 2.05. The molecule has 0 aromatic rings. The van der Waals surface area contributed by atoms with Crippen LogP contribution in [0.4, 0.5) is 0 Å². The minimum atomic E-state index is 0.422. The predicted molar refractivity (Wildman–Crippen MR) is 77.1 cm³/mol. The Morgan fingerprint density at radius 2 is 2.28 bits per heavy atom. The van der Waals surface area contributed by atoms with Crippen LogP contribution in [0.25, 0.3) is 0 Å². The second kappa shape index (κ2) is 7.07. The maximum Gasteiger partial charge on any atom is 0.0978 e. The van der Waals surface area contributed by atoms with E-state index in [1.807, 2.05) is 25.2 Å². The zero-order chi connectivity index (χ0) is 13.5. The molecule has 0 unspecified atom stereocenters. The zero-order valence-corrected chi connectivity index (χ0v) is 11.5. The van der Waals surface area contributed by atoms with Crippen molar-refractivity contribution < 1.29 is 5.11 Å². The van der Waals surface area contributed by atoms with Crippen molar-refractivity contribution in [2.45, 2.75) is 26.2 Å². The molecule has 18 heavy (non-hydrogen) atoms. The number of hydrogen-bond acceptors (Lipinski definition) is 3. The van der Waals surface area contributed by atoms with Gasteiger partial charge in [-0.05, 0) is 30.6 Å². The molecular formula is C14H19ClN2O. The first-order chi connectivity index (χ1) is 8.54. The molecule has 3 nitrogen and oxygen atoms in total. The lowest BCUT2D eigenvalue weighted by Gasteiger charge is -2.09. The summed E-state index contributed by atoms with van der Waals surface area (Å²) < 4.78 is 0. The van der Waals surface area contributed by atoms with E-state index in [9.17, 15) is 5.11 Å². The van der Waals surface area contributed by atoms with E-state index in [1.54, 1.807) is 13.1 Å². The van der Waals surface area contributed by atoms with Gasteiger partial charge in [-0.1, -0.05) is 29.8 Å². The van der Waals surface area contributed by atoms with Crippen LogP contribution < -0.4 is 5.32 Å². The topological polar surface area (TPSA) is 56.1 Å². The molecule has 3 N–H and O–H groups in total. The van der Waals surface area contributed by atoms with Gasteiger partial charge in [-0.15, -0.1) is 0 Å². The van der Waals surface area contributed by atoms with Crippen molar-refractivity contribution in [3.8, 4) is 0 Å². The van der Waals surface area contributed by atoms with E-state index in [0.717, 1.165) is 11.1 Å². The predicted octanol–water partition coefficient (Wildman–Crippen LogP) is 3.80. The van der Waals surface area contributed by atoms with Crippen LogP contribution in [-0.4, -0.2) is 17.9 Å². The minimum Gasteiger partial charge on any atom is -0.512 e. The molecule has 0 amide bonds. The van der Waals surface area contributed by atoms with Crippen molar-refractivity contribution in [3.63, 3.8) is 0 Å². The molecule has 4 heteroatoms. The molecule has 0 saturated carbocycles. The van der Waals surface area contributed by atoms with Crippen molar-refractivity contribution in [3.05, 3.63) is 46.4 Å². The van der Waals surface area contributed by atoms with Crippen LogP contribution in [0.5, 0.6) is 0 Å². The fourth-order valence-corrected chi connectivity index (χ4v) is 1.63. The molecule has 0 saturated heterocycles. The third-order valence-corrected chi connectivity index (χ3v) is 3.15. The van der Waals surface area contributed by atoms with Gasteiger partial charge < -0.3 is 15.8 Å². The first-order valence-corrected chi connectivity index (χ1v) is 6.28. The summed E-state index contributed by atoms with van der Waals surface area (Å²) in [5, 5.41) is 21.0. The molecule has 0 aliphatic heterocycles. The smallest absolute Gasteiger partial charge is 0.0978 e. The first-order valence-electron chi connectivity index (χ1n) is 5.90. The van der Waals surface area contributed by atoms with E-state index in [-0.39, 0.29) is 0 Å². The van der Waals surface area contributed by atoms with Crippen LogP contribution in [0.15, 0.2) is 46.4 Å². The lowest BCUT2D eigenvalue weighted by Crippen LogP contribution is -2.03. The number of aliphatic hydroxyl groups is 1. The molecule has 98 valence electrons. The molecule has 0 aromatic heterocycles. The van der Waals surface area contributed by atoms with Crippen molar-refractivity contribution >= 4 is 17.3 Å². The summed E-state index contributed by atoms with van der Waals surface area (Å²) in [4.78, 5) is 0. The fraction of sp³-hybridized carbons (Fsp3) is 0.357. The van der Waals surface area contributed by atoms with Crippen molar-refractivity contribution in [1.82, 2.24) is 5.32 Å². The molecule has 0 heterocycles. The molecule has 1 rings (SSSR count). The van der Waals surface area contributed by atoms with Gasteiger partial charge in [-0.3, -0.25) is 0 Å². The lowest BCUT2D eigenvalue weighted by molar-refractivity contribution is 0.392. The Labute approximate surface area is 113 Å². The Kier molecular flexibility index (Phi) is 5.72. The highest BCUT2D eigenvalue weighted by molar-refractivity contribution is 6.29. The summed E-state index contributed by atoms with van der Waals surface area (Å²) in [5.74, 6) is 0.422. The van der Waals surface area contributed by atoms with Gasteiger partial charge in [-0.2, -0.15) is 0 Å². The van der Waals surface area contributed by atoms with Gasteiger partial charge in [0.1, 0.15) is 0 Å². The molecule has 0 bridgehead atoms. The SMILES string of the molecule is CN/C(Cl)=C\CC(=N)C1=C/C/C(C)=C(/O)C/C=C\1. The quantitative estimate of drug-likeness (QED) is 0.535. The summed E-state index contributed by atoms with van der Waals surface area (Å²) >= 11 is 5.82. The minimum absolute atomic E-state index is 0.422. The maximum absolute atomic E-state index is 9.63. The molecule has 0 fully saturated rings. The number of hydrogen-bond donors (Lipinski definition) is 3. The zero-order valence-electron chi connectivity index (χ0n) is 10.8. The summed E-state index contributed by atoms with van der Waals surface area (Å²) in [6, 6.07) is 0. The van der Waals surface area contributed by atoms with Gasteiger partial charge in [0.2, 0.25) is 0 Å². The molecule has 0 atom stereocenters. The molecule has 0 aromatic carbocycles. The summed E-state index contributed by atoms with van der Waals surface area (Å²) in [6.07, 6.45) is 9.20. The Bertz CT molecular complexity index is 445. The number of rotatable bonds is 4. The second-order valence-electron chi connectivity index (χ2n) is 4.18. The summed E-state index contributed by atoms with van der Waals surface area (Å²) in [6.45, 7) is 1.91. The van der Waals surface area contributed by atoms with Gasteiger partial charge in [0, 0.05) is 25.6 Å². The average molecular weight is 267 g/mol. The van der Waals surface area contributed by atoms with Crippen molar-refractivity contribution in [2.24, 2.45) is 0 Å². The Morgan fingerprint density at radius 3 is 2.94 bits per heavy atom. The van der Waals surface area contributed by atoms with Crippen molar-refractivity contribution in [2.75, 3.05) is 7.05 Å². The number of aliphatic hydroxyl groups excluding tert-OH is 1. The molecular weight excluding hydrogens is 248 g/mol. The highest BCUT2D eigenvalue weighted by atomic mass is 35.5. The van der Waals surface area contributed by atoms with E-state index in [2.05, 4.69) is 5.32 Å². The first kappa shape index (κ1) is 14.6. The third-order valence-electron chi connectivity index (χ3n) is 2.80. The van der Waals surface area contributed by atoms with Crippen LogP contribution in [0.3, 0.4) is 0 Å². The number of nitrogens with one attached hydrogen (secondary N) is 2. The molecule has 1 aliphatic rings. The van der Waals surface area contributed by atoms with Crippen LogP contribution in [0, 0.1) is 5.41 Å². The standard InChI is InChI=1S/C14H19ClN2O/c1-10-6-7-11(4-3-5-13(10)18)12(16)8-9-14(15)17-2/h3-4,7,9,16-18H,5-6,8H2,1-2H3/b4-3-,11-7+,13-10+,14-9-,16-12?. The average Bonchev–Trinajstić information content (AvgIpc) is 2.36. The Hall–Kier alpha value is -1.48. The Morgan fingerprint density at radius 1 is 1.56 bits per heavy atom. The molecule has 1 aliphatic carbocycles. The normalized spacial score (nSPS) is 25.7. The number of halogens is 1. The van der Waals surface area contributed by atoms with Crippen LogP contribution in [-0.2, 0) is 0 Å². The van der Waals surface area contributed by atoms with E-state index >= 15 is 0 Å². The lowest BCUT2D eigenvalue weighted by atomic mass is 10.00. The highest BCUT2D eigenvalue weighted by Crippen LogP contribution is 2.17. The molecule has 0 spiro atoms. The second-order valence-corrected chi connectivity index (χ2v) is 4.59. The largest absolute Gasteiger partial charge is 0.512 e. The summed E-state index contributed by atoms with van der Waals surface area (Å²) in [5.41, 5.74) is 2.36. The van der Waals surface area contributed by atoms with Gasteiger partial charge in [0.15, 0.2) is 0 Å².